The Labute approximate surface area is 328 Å². The number of ether oxygens (including phenoxy) is 3. The molecule has 1 saturated carbocycles. The number of carbonyl (C=O) groups is 3. The number of phenols is 1. The summed E-state index contributed by atoms with van der Waals surface area (Å²) in [6.07, 6.45) is 5.78. The fourth-order valence-corrected chi connectivity index (χ4v) is 8.38. The molecule has 290 valence electrons. The van der Waals surface area contributed by atoms with Gasteiger partial charge in [0.15, 0.2) is 0 Å². The summed E-state index contributed by atoms with van der Waals surface area (Å²) in [4.78, 5) is 41.0. The Morgan fingerprint density at radius 2 is 1.48 bits per heavy atom. The third-order valence-corrected chi connectivity index (χ3v) is 11.5. The van der Waals surface area contributed by atoms with E-state index < -0.39 is 11.9 Å². The molecule has 4 aliphatic rings. The van der Waals surface area contributed by atoms with E-state index in [1.54, 1.807) is 23.1 Å². The molecule has 0 bridgehead atoms. The van der Waals surface area contributed by atoms with Crippen LogP contribution in [-0.2, 0) is 20.9 Å². The number of phenolic OH excluding ortho intramolecular Hbond substituents is 1. The fourth-order valence-electron chi connectivity index (χ4n) is 8.38. The van der Waals surface area contributed by atoms with E-state index in [2.05, 4.69) is 65.7 Å². The van der Waals surface area contributed by atoms with Crippen LogP contribution in [0.1, 0.15) is 84.5 Å². The molecule has 1 atom stereocenters. The third-order valence-electron chi connectivity index (χ3n) is 11.5. The first kappa shape index (κ1) is 37.5. The fraction of sp³-hybridized carbons (Fsp3) is 0.370. The Hall–Kier alpha value is -5.45. The number of rotatable bonds is 13. The second-order valence-electron chi connectivity index (χ2n) is 15.2. The van der Waals surface area contributed by atoms with Crippen LogP contribution in [-0.4, -0.2) is 83.2 Å². The Morgan fingerprint density at radius 1 is 0.786 bits per heavy atom. The molecule has 2 saturated heterocycles. The van der Waals surface area contributed by atoms with Crippen molar-refractivity contribution in [1.82, 2.24) is 15.1 Å². The zero-order chi connectivity index (χ0) is 38.6. The van der Waals surface area contributed by atoms with Gasteiger partial charge in [0, 0.05) is 51.0 Å². The van der Waals surface area contributed by atoms with Gasteiger partial charge in [-0.25, -0.2) is 0 Å². The minimum atomic E-state index is -0.622. The van der Waals surface area contributed by atoms with Crippen LogP contribution < -0.4 is 14.8 Å². The molecule has 8 rings (SSSR count). The highest BCUT2D eigenvalue weighted by atomic mass is 16.5. The summed E-state index contributed by atoms with van der Waals surface area (Å²) in [5.74, 6) is 0.860. The number of aromatic hydroxyl groups is 1. The number of allylic oxidation sites excluding steroid dienone is 1. The van der Waals surface area contributed by atoms with Crippen LogP contribution in [0.15, 0.2) is 97.1 Å². The van der Waals surface area contributed by atoms with E-state index in [1.807, 2.05) is 30.3 Å². The Kier molecular flexibility index (Phi) is 11.2. The van der Waals surface area contributed by atoms with Gasteiger partial charge >= 0.3 is 0 Å². The lowest BCUT2D eigenvalue weighted by Gasteiger charge is -2.40. The number of benzene rings is 4. The molecule has 3 aliphatic heterocycles. The molecule has 3 amide bonds. The highest BCUT2D eigenvalue weighted by Crippen LogP contribution is 2.37. The van der Waals surface area contributed by atoms with Gasteiger partial charge in [-0.2, -0.15) is 0 Å². The van der Waals surface area contributed by atoms with Crippen molar-refractivity contribution in [3.63, 3.8) is 0 Å². The summed E-state index contributed by atoms with van der Waals surface area (Å²) < 4.78 is 18.9. The van der Waals surface area contributed by atoms with E-state index in [4.69, 9.17) is 14.2 Å². The summed E-state index contributed by atoms with van der Waals surface area (Å²) >= 11 is 0. The first-order valence-electron chi connectivity index (χ1n) is 19.9. The van der Waals surface area contributed by atoms with E-state index >= 15 is 0 Å². The second kappa shape index (κ2) is 16.7. The van der Waals surface area contributed by atoms with Crippen LogP contribution >= 0.6 is 0 Å². The summed E-state index contributed by atoms with van der Waals surface area (Å²) in [6.45, 7) is 5.73. The van der Waals surface area contributed by atoms with E-state index in [1.165, 1.54) is 11.1 Å². The minimum absolute atomic E-state index is 0.140. The maximum Gasteiger partial charge on any atom is 0.255 e. The predicted molar refractivity (Wildman–Crippen MR) is 213 cm³/mol. The first-order valence-corrected chi connectivity index (χ1v) is 19.9. The average molecular weight is 756 g/mol. The van der Waals surface area contributed by atoms with E-state index in [0.717, 1.165) is 79.8 Å². The van der Waals surface area contributed by atoms with Gasteiger partial charge in [0.05, 0.1) is 12.2 Å². The van der Waals surface area contributed by atoms with Crippen LogP contribution in [0, 0.1) is 0 Å². The van der Waals surface area contributed by atoms with Crippen molar-refractivity contribution in [2.24, 2.45) is 0 Å². The number of hydrogen-bond donors (Lipinski definition) is 2. The molecule has 0 spiro atoms. The molecule has 0 radical (unpaired) electrons. The van der Waals surface area contributed by atoms with Gasteiger partial charge in [-0.05, 0) is 95.5 Å². The normalized spacial score (nSPS) is 21.9. The zero-order valence-corrected chi connectivity index (χ0v) is 31.8. The van der Waals surface area contributed by atoms with Gasteiger partial charge in [0.2, 0.25) is 11.8 Å². The highest BCUT2D eigenvalue weighted by Gasteiger charge is 2.39. The van der Waals surface area contributed by atoms with Crippen molar-refractivity contribution in [2.75, 3.05) is 26.2 Å². The van der Waals surface area contributed by atoms with Gasteiger partial charge in [0.1, 0.15) is 36.0 Å². The van der Waals surface area contributed by atoms with E-state index in [9.17, 15) is 19.5 Å². The van der Waals surface area contributed by atoms with Crippen LogP contribution in [0.5, 0.6) is 17.2 Å². The summed E-state index contributed by atoms with van der Waals surface area (Å²) in [5.41, 5.74) is 7.19. The van der Waals surface area contributed by atoms with Gasteiger partial charge < -0.3 is 24.2 Å². The van der Waals surface area contributed by atoms with Crippen LogP contribution in [0.3, 0.4) is 0 Å². The molecular weight excluding hydrogens is 707 g/mol. The first-order chi connectivity index (χ1) is 27.3. The lowest BCUT2D eigenvalue weighted by atomic mass is 9.88. The highest BCUT2D eigenvalue weighted by molar-refractivity contribution is 6.05. The molecule has 10 nitrogen and oxygen atoms in total. The molecule has 2 N–H and O–H groups in total. The maximum absolute atomic E-state index is 13.1. The maximum atomic E-state index is 13.1. The number of imide groups is 1. The number of likely N-dealkylation sites (tertiary alicyclic amines) is 1. The zero-order valence-electron chi connectivity index (χ0n) is 31.8. The topological polar surface area (TPSA) is 118 Å². The lowest BCUT2D eigenvalue weighted by Crippen LogP contribution is -2.52. The lowest BCUT2D eigenvalue weighted by molar-refractivity contribution is -0.136. The van der Waals surface area contributed by atoms with Crippen molar-refractivity contribution in [2.45, 2.75) is 82.8 Å². The molecule has 1 unspecified atom stereocenters. The molecule has 4 aromatic rings. The molecule has 3 heterocycles. The Balaban J connectivity index is 0.768. The van der Waals surface area contributed by atoms with Gasteiger partial charge in [0.25, 0.3) is 5.91 Å². The summed E-state index contributed by atoms with van der Waals surface area (Å²) in [7, 11) is 0. The molecule has 4 aromatic carbocycles. The number of fused-ring (bicyclic) bond motifs is 1. The van der Waals surface area contributed by atoms with Gasteiger partial charge in [-0.1, -0.05) is 67.6 Å². The minimum Gasteiger partial charge on any atom is -0.508 e. The van der Waals surface area contributed by atoms with Gasteiger partial charge in [-0.3, -0.25) is 24.6 Å². The number of carbonyl (C=O) groups excluding carboxylic acids is 3. The Bertz CT molecular complexity index is 2070. The molecule has 0 aromatic heterocycles. The molecule has 10 heteroatoms. The standard InChI is InChI=1S/C46H49N3O7/c1-2-40(30-6-4-3-5-7-30)44(31-8-13-34(50)14-9-31)32-10-15-35(16-11-32)55-38-26-39(27-38)56-36-20-22-48(23-21-36)24-25-54-37-17-12-33-29-49(46(53)41(33)28-37)42-18-19-43(51)47-45(42)52/h3-17,28,36,38-39,42,50H,2,18-27,29H2,1H3,(H,47,51,52). The van der Waals surface area contributed by atoms with Crippen molar-refractivity contribution >= 4 is 28.9 Å². The van der Waals surface area contributed by atoms with Gasteiger partial charge in [-0.15, -0.1) is 0 Å². The quantitative estimate of drug-likeness (QED) is 0.111. The van der Waals surface area contributed by atoms with Crippen LogP contribution in [0.4, 0.5) is 0 Å². The second-order valence-corrected chi connectivity index (χ2v) is 15.2. The van der Waals surface area contributed by atoms with E-state index in [0.29, 0.717) is 30.9 Å². The number of hydrogen-bond acceptors (Lipinski definition) is 8. The molecule has 56 heavy (non-hydrogen) atoms. The van der Waals surface area contributed by atoms with Crippen LogP contribution in [0.25, 0.3) is 11.1 Å². The number of amides is 3. The molecule has 1 aliphatic carbocycles. The monoisotopic (exact) mass is 755 g/mol. The van der Waals surface area contributed by atoms with Crippen LogP contribution in [0.2, 0.25) is 0 Å². The predicted octanol–water partition coefficient (Wildman–Crippen LogP) is 6.99. The number of nitrogens with one attached hydrogen (secondary N) is 1. The van der Waals surface area contributed by atoms with E-state index in [-0.39, 0.29) is 42.3 Å². The number of nitrogens with zero attached hydrogens (tertiary/aromatic N) is 2. The average Bonchev–Trinajstić information content (AvgIpc) is 3.52. The summed E-state index contributed by atoms with van der Waals surface area (Å²) in [6, 6.07) is 31.2. The van der Waals surface area contributed by atoms with Crippen molar-refractivity contribution < 1.29 is 33.7 Å². The molecule has 3 fully saturated rings. The molecular formula is C46H49N3O7. The Morgan fingerprint density at radius 3 is 2.18 bits per heavy atom. The third kappa shape index (κ3) is 8.37. The van der Waals surface area contributed by atoms with Crippen molar-refractivity contribution in [3.8, 4) is 17.2 Å². The van der Waals surface area contributed by atoms with Crippen molar-refractivity contribution in [1.29, 1.82) is 0 Å². The number of piperidine rings is 2. The SMILES string of the molecule is CCC(=C(c1ccc(O)cc1)c1ccc(OC2CC(OC3CCN(CCOc4ccc5c(c4)C(=O)N(C4CCC(=O)NC4=O)C5)CC3)C2)cc1)c1ccccc1. The largest absolute Gasteiger partial charge is 0.508 e. The van der Waals surface area contributed by atoms with Crippen molar-refractivity contribution in [3.05, 3.63) is 125 Å². The smallest absolute Gasteiger partial charge is 0.255 e. The summed E-state index contributed by atoms with van der Waals surface area (Å²) in [5, 5.41) is 12.3.